The van der Waals surface area contributed by atoms with Gasteiger partial charge in [0.05, 0.1) is 16.9 Å². The molecule has 0 spiro atoms. The average molecular weight is 419 g/mol. The summed E-state index contributed by atoms with van der Waals surface area (Å²) in [6.45, 7) is 0. The van der Waals surface area contributed by atoms with Crippen molar-refractivity contribution in [3.63, 3.8) is 0 Å². The van der Waals surface area contributed by atoms with Crippen LogP contribution in [0.2, 0.25) is 0 Å². The van der Waals surface area contributed by atoms with E-state index in [1.807, 2.05) is 48.5 Å². The van der Waals surface area contributed by atoms with E-state index in [0.717, 1.165) is 10.6 Å². The second kappa shape index (κ2) is 7.21. The summed E-state index contributed by atoms with van der Waals surface area (Å²) in [4.78, 5) is 20.4. The van der Waals surface area contributed by atoms with Crippen LogP contribution in [0.5, 0.6) is 5.75 Å². The van der Waals surface area contributed by atoms with Crippen molar-refractivity contribution in [3.05, 3.63) is 86.8 Å². The highest BCUT2D eigenvalue weighted by Crippen LogP contribution is 2.47. The number of fused-ring (bicyclic) bond motifs is 2. The monoisotopic (exact) mass is 418 g/mol. The van der Waals surface area contributed by atoms with E-state index in [1.165, 1.54) is 4.88 Å². The van der Waals surface area contributed by atoms with Gasteiger partial charge in [0.2, 0.25) is 0 Å². The fourth-order valence-corrected chi connectivity index (χ4v) is 5.89. The average Bonchev–Trinajstić information content (AvgIpc) is 3.21. The molecule has 2 aromatic carbocycles. The standard InChI is InChI=1S/C23H18N2O2S2/c1-25-17-9-4-2-7-14(17)22(26)21(23(25)27)16-13-20(19-11-6-12-28-19)29-18-10-5-3-8-15(18)24-16/h2-12,20,26H,13H2,1H3. The van der Waals surface area contributed by atoms with Crippen molar-refractivity contribution in [2.24, 2.45) is 12.0 Å². The molecule has 3 heterocycles. The predicted octanol–water partition coefficient (Wildman–Crippen LogP) is 5.66. The first kappa shape index (κ1) is 18.2. The molecular weight excluding hydrogens is 400 g/mol. The number of hydrogen-bond acceptors (Lipinski definition) is 5. The van der Waals surface area contributed by atoms with Gasteiger partial charge < -0.3 is 9.67 Å². The van der Waals surface area contributed by atoms with Crippen molar-refractivity contribution >= 4 is 45.4 Å². The molecule has 6 heteroatoms. The number of benzene rings is 2. The van der Waals surface area contributed by atoms with Gasteiger partial charge in [-0.2, -0.15) is 0 Å². The van der Waals surface area contributed by atoms with E-state index in [2.05, 4.69) is 17.5 Å². The number of pyridine rings is 1. The topological polar surface area (TPSA) is 54.6 Å². The van der Waals surface area contributed by atoms with E-state index < -0.39 is 0 Å². The number of nitrogens with zero attached hydrogens (tertiary/aromatic N) is 2. The smallest absolute Gasteiger partial charge is 0.263 e. The molecule has 0 saturated carbocycles. The van der Waals surface area contributed by atoms with Gasteiger partial charge in [-0.25, -0.2) is 0 Å². The summed E-state index contributed by atoms with van der Waals surface area (Å²) < 4.78 is 1.59. The molecule has 0 aliphatic carbocycles. The van der Waals surface area contributed by atoms with E-state index >= 15 is 0 Å². The molecule has 1 aliphatic heterocycles. The third-order valence-corrected chi connectivity index (χ3v) is 7.63. The largest absolute Gasteiger partial charge is 0.506 e. The van der Waals surface area contributed by atoms with E-state index in [9.17, 15) is 9.90 Å². The predicted molar refractivity (Wildman–Crippen MR) is 121 cm³/mol. The van der Waals surface area contributed by atoms with Gasteiger partial charge in [-0.1, -0.05) is 30.3 Å². The molecule has 0 bridgehead atoms. The number of thiophene rings is 1. The Morgan fingerprint density at radius 1 is 1.07 bits per heavy atom. The van der Waals surface area contributed by atoms with Crippen molar-refractivity contribution in [2.75, 3.05) is 0 Å². The van der Waals surface area contributed by atoms with Gasteiger partial charge in [0.15, 0.2) is 0 Å². The van der Waals surface area contributed by atoms with Gasteiger partial charge in [-0.3, -0.25) is 9.79 Å². The number of hydrogen-bond donors (Lipinski definition) is 1. The van der Waals surface area contributed by atoms with Crippen molar-refractivity contribution < 1.29 is 5.11 Å². The first-order valence-corrected chi connectivity index (χ1v) is 11.1. The maximum atomic E-state index is 13.2. The number of rotatable bonds is 2. The van der Waals surface area contributed by atoms with Crippen molar-refractivity contribution in [2.45, 2.75) is 16.6 Å². The molecule has 0 amide bonds. The van der Waals surface area contributed by atoms with Crippen LogP contribution in [0.15, 0.2) is 80.7 Å². The molecular formula is C23H18N2O2S2. The minimum absolute atomic E-state index is 0.0109. The lowest BCUT2D eigenvalue weighted by molar-refractivity contribution is 0.478. The van der Waals surface area contributed by atoms with Crippen molar-refractivity contribution in [1.29, 1.82) is 0 Å². The van der Waals surface area contributed by atoms with Crippen LogP contribution in [-0.4, -0.2) is 15.4 Å². The number of aryl methyl sites for hydroxylation is 1. The Kier molecular flexibility index (Phi) is 4.53. The van der Waals surface area contributed by atoms with Gasteiger partial charge in [-0.05, 0) is 35.7 Å². The zero-order valence-corrected chi connectivity index (χ0v) is 17.3. The summed E-state index contributed by atoms with van der Waals surface area (Å²) >= 11 is 3.46. The van der Waals surface area contributed by atoms with Crippen LogP contribution < -0.4 is 5.56 Å². The summed E-state index contributed by atoms with van der Waals surface area (Å²) in [7, 11) is 1.74. The fourth-order valence-electron chi connectivity index (χ4n) is 3.74. The Morgan fingerprint density at radius 3 is 2.69 bits per heavy atom. The molecule has 4 aromatic rings. The number of para-hydroxylation sites is 2. The summed E-state index contributed by atoms with van der Waals surface area (Å²) in [6.07, 6.45) is 0.570. The van der Waals surface area contributed by atoms with Gasteiger partial charge in [-0.15, -0.1) is 23.1 Å². The maximum absolute atomic E-state index is 13.2. The molecule has 0 radical (unpaired) electrons. The Morgan fingerprint density at radius 2 is 1.86 bits per heavy atom. The molecule has 144 valence electrons. The first-order valence-electron chi connectivity index (χ1n) is 9.31. The lowest BCUT2D eigenvalue weighted by atomic mass is 10.0. The van der Waals surface area contributed by atoms with Crippen LogP contribution in [0.3, 0.4) is 0 Å². The summed E-state index contributed by atoms with van der Waals surface area (Å²) in [5.41, 5.74) is 2.24. The second-order valence-electron chi connectivity index (χ2n) is 6.96. The molecule has 2 aromatic heterocycles. The minimum atomic E-state index is -0.228. The molecule has 29 heavy (non-hydrogen) atoms. The molecule has 0 saturated heterocycles. The molecule has 0 fully saturated rings. The van der Waals surface area contributed by atoms with Crippen LogP contribution in [0.4, 0.5) is 5.69 Å². The summed E-state index contributed by atoms with van der Waals surface area (Å²) in [5.74, 6) is 0.0109. The fraction of sp³-hybridized carbons (Fsp3) is 0.130. The Bertz CT molecular complexity index is 1310. The Balaban J connectivity index is 1.76. The molecule has 1 N–H and O–H groups in total. The van der Waals surface area contributed by atoms with E-state index in [-0.39, 0.29) is 16.6 Å². The Labute approximate surface area is 176 Å². The molecule has 5 rings (SSSR count). The third kappa shape index (κ3) is 3.09. The highest BCUT2D eigenvalue weighted by atomic mass is 32.2. The molecule has 1 unspecified atom stereocenters. The van der Waals surface area contributed by atoms with Gasteiger partial charge in [0.1, 0.15) is 11.3 Å². The zero-order chi connectivity index (χ0) is 20.0. The first-order chi connectivity index (χ1) is 14.1. The lowest BCUT2D eigenvalue weighted by Gasteiger charge is -2.16. The number of aromatic nitrogens is 1. The van der Waals surface area contributed by atoms with Crippen LogP contribution in [0.1, 0.15) is 22.1 Å². The van der Waals surface area contributed by atoms with Crippen LogP contribution >= 0.6 is 23.1 Å². The van der Waals surface area contributed by atoms with Crippen LogP contribution in [0.25, 0.3) is 10.9 Å². The summed E-state index contributed by atoms with van der Waals surface area (Å²) in [5, 5.41) is 13.9. The number of aromatic hydroxyl groups is 1. The lowest BCUT2D eigenvalue weighted by Crippen LogP contribution is -2.25. The summed E-state index contributed by atoms with van der Waals surface area (Å²) in [6, 6.07) is 19.5. The van der Waals surface area contributed by atoms with Gasteiger partial charge in [0.25, 0.3) is 5.56 Å². The third-order valence-electron chi connectivity index (χ3n) is 5.19. The SMILES string of the molecule is Cn1c(=O)c(C2=Nc3ccccc3SC(c3cccs3)C2)c(O)c2ccccc21. The van der Waals surface area contributed by atoms with E-state index in [4.69, 9.17) is 4.99 Å². The Hall–Kier alpha value is -2.83. The van der Waals surface area contributed by atoms with Gasteiger partial charge >= 0.3 is 0 Å². The number of aliphatic imine (C=N–C) groups is 1. The quantitative estimate of drug-likeness (QED) is 0.457. The van der Waals surface area contributed by atoms with Crippen LogP contribution in [0, 0.1) is 0 Å². The van der Waals surface area contributed by atoms with E-state index in [1.54, 1.807) is 34.7 Å². The molecule has 1 atom stereocenters. The normalized spacial score (nSPS) is 16.3. The highest BCUT2D eigenvalue weighted by Gasteiger charge is 2.27. The minimum Gasteiger partial charge on any atom is -0.506 e. The van der Waals surface area contributed by atoms with Gasteiger partial charge in [0, 0.05) is 33.9 Å². The van der Waals surface area contributed by atoms with Crippen LogP contribution in [-0.2, 0) is 7.05 Å². The number of thioether (sulfide) groups is 1. The van der Waals surface area contributed by atoms with Crippen molar-refractivity contribution in [3.8, 4) is 5.75 Å². The van der Waals surface area contributed by atoms with E-state index in [0.29, 0.717) is 28.6 Å². The zero-order valence-electron chi connectivity index (χ0n) is 15.7. The second-order valence-corrected chi connectivity index (χ2v) is 9.18. The molecule has 1 aliphatic rings. The highest BCUT2D eigenvalue weighted by molar-refractivity contribution is 7.99. The maximum Gasteiger partial charge on any atom is 0.263 e. The van der Waals surface area contributed by atoms with Crippen molar-refractivity contribution in [1.82, 2.24) is 4.57 Å². The molecule has 4 nitrogen and oxygen atoms in total.